The zero-order valence-electron chi connectivity index (χ0n) is 7.57. The molecule has 0 saturated heterocycles. The van der Waals surface area contributed by atoms with Crippen molar-refractivity contribution in [2.24, 2.45) is 5.73 Å². The van der Waals surface area contributed by atoms with Crippen LogP contribution in [0.5, 0.6) is 0 Å². The van der Waals surface area contributed by atoms with E-state index in [2.05, 4.69) is 9.97 Å². The summed E-state index contributed by atoms with van der Waals surface area (Å²) in [7, 11) is 0. The Morgan fingerprint density at radius 2 is 2.20 bits per heavy atom. The second kappa shape index (κ2) is 4.04. The maximum Gasteiger partial charge on any atom is 0.157 e. The summed E-state index contributed by atoms with van der Waals surface area (Å²) in [5.74, 6) is 0. The molecule has 0 aliphatic heterocycles. The summed E-state index contributed by atoms with van der Waals surface area (Å²) < 4.78 is 0. The lowest BCUT2D eigenvalue weighted by Gasteiger charge is -2.00. The van der Waals surface area contributed by atoms with E-state index in [4.69, 9.17) is 22.7 Å². The van der Waals surface area contributed by atoms with Gasteiger partial charge < -0.3 is 5.73 Å². The normalized spacial score (nSPS) is 10.5. The van der Waals surface area contributed by atoms with E-state index in [1.807, 2.05) is 0 Å². The van der Waals surface area contributed by atoms with E-state index >= 15 is 0 Å². The third kappa shape index (κ3) is 2.37. The van der Waals surface area contributed by atoms with E-state index < -0.39 is 0 Å². The SMILES string of the molecule is N=C(N)Sc1cnc2ccc(Cl)cc2n1. The quantitative estimate of drug-likeness (QED) is 0.454. The molecule has 0 unspecified atom stereocenters. The van der Waals surface area contributed by atoms with Crippen molar-refractivity contribution >= 4 is 39.6 Å². The van der Waals surface area contributed by atoms with Gasteiger partial charge in [-0.1, -0.05) is 11.6 Å². The molecular formula is C9H7ClN4S. The van der Waals surface area contributed by atoms with E-state index in [1.165, 1.54) is 0 Å². The Kier molecular flexibility index (Phi) is 2.75. The van der Waals surface area contributed by atoms with Crippen LogP contribution in [-0.4, -0.2) is 15.1 Å². The first kappa shape index (κ1) is 10.2. The fraction of sp³-hybridized carbons (Fsp3) is 0. The molecule has 0 saturated carbocycles. The Balaban J connectivity index is 2.49. The van der Waals surface area contributed by atoms with Gasteiger partial charge in [-0.2, -0.15) is 0 Å². The van der Waals surface area contributed by atoms with Crippen LogP contribution in [0.25, 0.3) is 11.0 Å². The van der Waals surface area contributed by atoms with Crippen LogP contribution in [0.1, 0.15) is 0 Å². The van der Waals surface area contributed by atoms with E-state index in [9.17, 15) is 0 Å². The highest BCUT2D eigenvalue weighted by atomic mass is 35.5. The number of halogens is 1. The molecule has 76 valence electrons. The van der Waals surface area contributed by atoms with Crippen molar-refractivity contribution in [1.29, 1.82) is 5.41 Å². The van der Waals surface area contributed by atoms with E-state index in [1.54, 1.807) is 24.4 Å². The summed E-state index contributed by atoms with van der Waals surface area (Å²) in [6.07, 6.45) is 1.59. The molecule has 0 aliphatic carbocycles. The number of rotatable bonds is 1. The number of aromatic nitrogens is 2. The molecule has 0 spiro atoms. The molecule has 0 atom stereocenters. The van der Waals surface area contributed by atoms with Crippen molar-refractivity contribution in [1.82, 2.24) is 9.97 Å². The van der Waals surface area contributed by atoms with Gasteiger partial charge in [0.2, 0.25) is 0 Å². The van der Waals surface area contributed by atoms with Crippen molar-refractivity contribution < 1.29 is 0 Å². The van der Waals surface area contributed by atoms with E-state index in [0.29, 0.717) is 15.6 Å². The van der Waals surface area contributed by atoms with Gasteiger partial charge in [-0.15, -0.1) is 0 Å². The molecule has 0 bridgehead atoms. The fourth-order valence-electron chi connectivity index (χ4n) is 1.13. The highest BCUT2D eigenvalue weighted by Crippen LogP contribution is 2.20. The standard InChI is InChI=1S/C9H7ClN4S/c10-5-1-2-6-7(3-5)14-8(4-13-6)15-9(11)12/h1-4H,(H3,11,12). The van der Waals surface area contributed by atoms with Gasteiger partial charge in [-0.3, -0.25) is 10.4 Å². The van der Waals surface area contributed by atoms with Gasteiger partial charge in [0.25, 0.3) is 0 Å². The highest BCUT2D eigenvalue weighted by Gasteiger charge is 2.02. The Morgan fingerprint density at radius 1 is 1.40 bits per heavy atom. The van der Waals surface area contributed by atoms with Gasteiger partial charge in [0, 0.05) is 5.02 Å². The second-order valence-electron chi connectivity index (χ2n) is 2.81. The molecule has 1 heterocycles. The van der Waals surface area contributed by atoms with Crippen LogP contribution in [0, 0.1) is 5.41 Å². The maximum atomic E-state index is 7.13. The van der Waals surface area contributed by atoms with Gasteiger partial charge >= 0.3 is 0 Å². The fourth-order valence-corrected chi connectivity index (χ4v) is 1.77. The molecule has 2 aromatic rings. The minimum Gasteiger partial charge on any atom is -0.378 e. The second-order valence-corrected chi connectivity index (χ2v) is 4.31. The van der Waals surface area contributed by atoms with Crippen LogP contribution in [0.2, 0.25) is 5.02 Å². The maximum absolute atomic E-state index is 7.13. The number of amidine groups is 1. The lowest BCUT2D eigenvalue weighted by atomic mass is 10.3. The number of thioether (sulfide) groups is 1. The predicted molar refractivity (Wildman–Crippen MR) is 62.3 cm³/mol. The topological polar surface area (TPSA) is 75.7 Å². The lowest BCUT2D eigenvalue weighted by molar-refractivity contribution is 1.13. The number of benzene rings is 1. The third-order valence-electron chi connectivity index (χ3n) is 1.70. The Hall–Kier alpha value is -1.33. The van der Waals surface area contributed by atoms with Crippen molar-refractivity contribution in [3.63, 3.8) is 0 Å². The summed E-state index contributed by atoms with van der Waals surface area (Å²) >= 11 is 6.90. The van der Waals surface area contributed by atoms with Crippen LogP contribution >= 0.6 is 23.4 Å². The molecule has 6 heteroatoms. The van der Waals surface area contributed by atoms with E-state index in [0.717, 1.165) is 17.3 Å². The van der Waals surface area contributed by atoms with Gasteiger partial charge in [0.15, 0.2) is 5.17 Å². The van der Waals surface area contributed by atoms with Gasteiger partial charge in [-0.25, -0.2) is 4.98 Å². The van der Waals surface area contributed by atoms with Crippen molar-refractivity contribution in [2.75, 3.05) is 0 Å². The first-order valence-corrected chi connectivity index (χ1v) is 5.29. The Labute approximate surface area is 95.4 Å². The average molecular weight is 239 g/mol. The monoisotopic (exact) mass is 238 g/mol. The summed E-state index contributed by atoms with van der Waals surface area (Å²) in [5, 5.41) is 8.33. The number of nitrogens with two attached hydrogens (primary N) is 1. The molecule has 1 aromatic carbocycles. The van der Waals surface area contributed by atoms with Crippen molar-refractivity contribution in [2.45, 2.75) is 5.03 Å². The summed E-state index contributed by atoms with van der Waals surface area (Å²) in [5.41, 5.74) is 6.72. The Bertz CT molecular complexity index is 529. The van der Waals surface area contributed by atoms with Crippen LogP contribution in [0.4, 0.5) is 0 Å². The number of hydrogen-bond donors (Lipinski definition) is 2. The zero-order valence-corrected chi connectivity index (χ0v) is 9.14. The molecule has 0 aliphatic rings. The molecule has 0 radical (unpaired) electrons. The third-order valence-corrected chi connectivity index (χ3v) is 2.56. The summed E-state index contributed by atoms with van der Waals surface area (Å²) in [6, 6.07) is 5.29. The van der Waals surface area contributed by atoms with Crippen LogP contribution in [0.3, 0.4) is 0 Å². The smallest absolute Gasteiger partial charge is 0.157 e. The van der Waals surface area contributed by atoms with Crippen LogP contribution < -0.4 is 5.73 Å². The highest BCUT2D eigenvalue weighted by molar-refractivity contribution is 8.13. The molecule has 1 aromatic heterocycles. The molecule has 3 N–H and O–H groups in total. The minimum absolute atomic E-state index is 0.00863. The first-order valence-electron chi connectivity index (χ1n) is 4.09. The van der Waals surface area contributed by atoms with Gasteiger partial charge in [0.05, 0.1) is 17.2 Å². The molecule has 0 amide bonds. The number of nitrogens with zero attached hydrogens (tertiary/aromatic N) is 2. The zero-order chi connectivity index (χ0) is 10.8. The summed E-state index contributed by atoms with van der Waals surface area (Å²) in [4.78, 5) is 8.45. The van der Waals surface area contributed by atoms with Gasteiger partial charge in [0.1, 0.15) is 5.03 Å². The lowest BCUT2D eigenvalue weighted by Crippen LogP contribution is -2.03. The first-order chi connectivity index (χ1) is 7.15. The number of nitrogens with one attached hydrogen (secondary N) is 1. The molecule has 2 rings (SSSR count). The minimum atomic E-state index is -0.00863. The van der Waals surface area contributed by atoms with Gasteiger partial charge in [-0.05, 0) is 30.0 Å². The molecule has 4 nitrogen and oxygen atoms in total. The van der Waals surface area contributed by atoms with Crippen LogP contribution in [-0.2, 0) is 0 Å². The van der Waals surface area contributed by atoms with Crippen molar-refractivity contribution in [3.05, 3.63) is 29.4 Å². The Morgan fingerprint density at radius 3 is 2.93 bits per heavy atom. The van der Waals surface area contributed by atoms with E-state index in [-0.39, 0.29) is 5.17 Å². The summed E-state index contributed by atoms with van der Waals surface area (Å²) in [6.45, 7) is 0. The molecule has 0 fully saturated rings. The predicted octanol–water partition coefficient (Wildman–Crippen LogP) is 2.27. The van der Waals surface area contributed by atoms with Crippen molar-refractivity contribution in [3.8, 4) is 0 Å². The molecule has 15 heavy (non-hydrogen) atoms. The average Bonchev–Trinajstić information content (AvgIpc) is 2.16. The molecular weight excluding hydrogens is 232 g/mol. The number of fused-ring (bicyclic) bond motifs is 1. The largest absolute Gasteiger partial charge is 0.378 e. The number of hydrogen-bond acceptors (Lipinski definition) is 4. The van der Waals surface area contributed by atoms with Crippen LogP contribution in [0.15, 0.2) is 29.4 Å².